The molecule has 8 rings (SSSR count). The molecule has 2 aromatic carbocycles. The Labute approximate surface area is 271 Å². The van der Waals surface area contributed by atoms with Gasteiger partial charge in [0.25, 0.3) is 5.91 Å². The molecule has 11 nitrogen and oxygen atoms in total. The number of fused-ring (bicyclic) bond motifs is 6. The normalized spacial score (nSPS) is 18.9. The standard InChI is InChI=1S/C33H27ClF2N6O5/c1-17-15-45-16-26-39-25-12-18(32(44)38-20-5-7-21(8-6-20)47-33(34,35)36)10-22(30(25)42(17)26)19-11-23-28-24(31(43)29(23)37-13-19)14-41(40-28)27-4-2-3-9-46-27/h5-8,10-14,17,27H,2-4,9,15-16H2,1H3,(H,38,44)/t17-,27?/m1/s1. The number of amides is 1. The lowest BCUT2D eigenvalue weighted by molar-refractivity contribution is -0.0964. The number of rotatable bonds is 6. The molecule has 14 heteroatoms. The Morgan fingerprint density at radius 3 is 2.70 bits per heavy atom. The molecule has 0 saturated carbocycles. The number of carbonyl (C=O) groups is 2. The van der Waals surface area contributed by atoms with Gasteiger partial charge in [0, 0.05) is 58.5 Å². The third-order valence-electron chi connectivity index (χ3n) is 8.59. The largest absolute Gasteiger partial charge is 0.487 e. The summed E-state index contributed by atoms with van der Waals surface area (Å²) in [6, 6.07) is 10.7. The van der Waals surface area contributed by atoms with Gasteiger partial charge in [-0.05, 0) is 68.7 Å². The maximum atomic E-state index is 13.6. The van der Waals surface area contributed by atoms with E-state index in [-0.39, 0.29) is 23.8 Å². The average Bonchev–Trinajstić information content (AvgIpc) is 3.73. The van der Waals surface area contributed by atoms with Crippen molar-refractivity contribution in [3.8, 4) is 28.1 Å². The Morgan fingerprint density at radius 2 is 1.94 bits per heavy atom. The van der Waals surface area contributed by atoms with Crippen molar-refractivity contribution >= 4 is 40.0 Å². The van der Waals surface area contributed by atoms with E-state index < -0.39 is 11.5 Å². The van der Waals surface area contributed by atoms with Crippen LogP contribution in [0.2, 0.25) is 0 Å². The minimum Gasteiger partial charge on any atom is -0.420 e. The zero-order valence-electron chi connectivity index (χ0n) is 25.0. The molecule has 1 aliphatic carbocycles. The summed E-state index contributed by atoms with van der Waals surface area (Å²) in [4.78, 5) is 36.3. The van der Waals surface area contributed by atoms with Gasteiger partial charge in [-0.15, -0.1) is 8.78 Å². The van der Waals surface area contributed by atoms with E-state index in [1.807, 2.05) is 13.0 Å². The predicted molar refractivity (Wildman–Crippen MR) is 167 cm³/mol. The monoisotopic (exact) mass is 660 g/mol. The van der Waals surface area contributed by atoms with Gasteiger partial charge in [-0.25, -0.2) is 9.67 Å². The van der Waals surface area contributed by atoms with Crippen LogP contribution >= 0.6 is 11.6 Å². The minimum absolute atomic E-state index is 0.0231. The molecule has 1 amide bonds. The SMILES string of the molecule is C[C@@H]1COCc2nc3cc(C(=O)Nc4ccc(OC(F)(F)Cl)cc4)cc(-c4cnc5c(c4)-c4nn(C6CCCCO6)cc4C5=O)c3n21. The molecule has 0 radical (unpaired) electrons. The van der Waals surface area contributed by atoms with E-state index in [4.69, 9.17) is 31.2 Å². The van der Waals surface area contributed by atoms with E-state index in [1.54, 1.807) is 29.2 Å². The molecule has 1 saturated heterocycles. The van der Waals surface area contributed by atoms with Crippen LogP contribution in [0.4, 0.5) is 14.5 Å². The highest BCUT2D eigenvalue weighted by atomic mass is 35.5. The summed E-state index contributed by atoms with van der Waals surface area (Å²) >= 11 is 4.86. The highest BCUT2D eigenvalue weighted by Crippen LogP contribution is 2.41. The van der Waals surface area contributed by atoms with Crippen molar-refractivity contribution < 1.29 is 32.6 Å². The number of anilines is 1. The molecule has 47 heavy (non-hydrogen) atoms. The van der Waals surface area contributed by atoms with Gasteiger partial charge in [-0.2, -0.15) is 5.10 Å². The average molecular weight is 661 g/mol. The van der Waals surface area contributed by atoms with Crippen LogP contribution in [0, 0.1) is 0 Å². The van der Waals surface area contributed by atoms with E-state index in [0.29, 0.717) is 70.2 Å². The lowest BCUT2D eigenvalue weighted by atomic mass is 9.99. The van der Waals surface area contributed by atoms with Crippen LogP contribution in [-0.2, 0) is 16.1 Å². The number of ether oxygens (including phenoxy) is 3. The third-order valence-corrected chi connectivity index (χ3v) is 8.67. The molecule has 1 fully saturated rings. The lowest BCUT2D eigenvalue weighted by Crippen LogP contribution is -2.21. The molecule has 5 aromatic rings. The van der Waals surface area contributed by atoms with E-state index in [1.165, 1.54) is 24.3 Å². The maximum absolute atomic E-state index is 13.6. The third kappa shape index (κ3) is 5.33. The summed E-state index contributed by atoms with van der Waals surface area (Å²) in [5.74, 6) is -0.0753. The number of carbonyl (C=O) groups excluding carboxylic acids is 2. The fourth-order valence-electron chi connectivity index (χ4n) is 6.48. The molecule has 2 atom stereocenters. The van der Waals surface area contributed by atoms with Crippen molar-refractivity contribution in [2.45, 2.75) is 50.6 Å². The Balaban J connectivity index is 1.20. The molecule has 1 N–H and O–H groups in total. The van der Waals surface area contributed by atoms with Crippen LogP contribution in [0.1, 0.15) is 70.7 Å². The summed E-state index contributed by atoms with van der Waals surface area (Å²) in [6.45, 7) is 3.50. The lowest BCUT2D eigenvalue weighted by Gasteiger charge is -2.23. The minimum atomic E-state index is -3.85. The number of nitrogens with one attached hydrogen (secondary N) is 1. The second-order valence-electron chi connectivity index (χ2n) is 11.8. The van der Waals surface area contributed by atoms with Crippen LogP contribution in [0.25, 0.3) is 33.4 Å². The number of aromatic nitrogens is 5. The molecule has 2 aliphatic heterocycles. The predicted octanol–water partition coefficient (Wildman–Crippen LogP) is 6.72. The van der Waals surface area contributed by atoms with Gasteiger partial charge in [-0.3, -0.25) is 14.6 Å². The molecule has 3 aromatic heterocycles. The first-order valence-corrected chi connectivity index (χ1v) is 15.6. The van der Waals surface area contributed by atoms with Crippen molar-refractivity contribution in [3.63, 3.8) is 0 Å². The van der Waals surface area contributed by atoms with Crippen molar-refractivity contribution in [2.75, 3.05) is 18.5 Å². The number of ketones is 1. The molecule has 240 valence electrons. The van der Waals surface area contributed by atoms with Crippen LogP contribution in [0.15, 0.2) is 54.9 Å². The van der Waals surface area contributed by atoms with Gasteiger partial charge in [0.2, 0.25) is 5.78 Å². The Kier molecular flexibility index (Phi) is 7.08. The van der Waals surface area contributed by atoms with Crippen LogP contribution in [0.5, 0.6) is 5.75 Å². The maximum Gasteiger partial charge on any atom is 0.487 e. The van der Waals surface area contributed by atoms with Crippen LogP contribution < -0.4 is 10.1 Å². The second-order valence-corrected chi connectivity index (χ2v) is 12.3. The van der Waals surface area contributed by atoms with Gasteiger partial charge in [0.05, 0.1) is 29.2 Å². The molecular formula is C33H27ClF2N6O5. The molecular weight excluding hydrogens is 634 g/mol. The number of benzene rings is 2. The van der Waals surface area contributed by atoms with E-state index in [0.717, 1.165) is 30.6 Å². The zero-order chi connectivity index (χ0) is 32.4. The summed E-state index contributed by atoms with van der Waals surface area (Å²) in [7, 11) is 0. The highest BCUT2D eigenvalue weighted by molar-refractivity contribution is 6.21. The van der Waals surface area contributed by atoms with E-state index >= 15 is 0 Å². The number of halogens is 3. The summed E-state index contributed by atoms with van der Waals surface area (Å²) < 4.78 is 45.9. The van der Waals surface area contributed by atoms with Gasteiger partial charge < -0.3 is 24.1 Å². The van der Waals surface area contributed by atoms with E-state index in [9.17, 15) is 18.4 Å². The molecule has 1 unspecified atom stereocenters. The summed E-state index contributed by atoms with van der Waals surface area (Å²) in [5, 5.41) is 7.57. The van der Waals surface area contributed by atoms with Gasteiger partial charge in [0.1, 0.15) is 35.8 Å². The quantitative estimate of drug-likeness (QED) is 0.196. The van der Waals surface area contributed by atoms with E-state index in [2.05, 4.69) is 19.6 Å². The van der Waals surface area contributed by atoms with Crippen LogP contribution in [0.3, 0.4) is 0 Å². The number of imidazole rings is 1. The number of nitrogens with zero attached hydrogens (tertiary/aromatic N) is 5. The van der Waals surface area contributed by atoms with Gasteiger partial charge in [0.15, 0.2) is 0 Å². The number of alkyl halides is 3. The fourth-order valence-corrected chi connectivity index (χ4v) is 6.57. The first kappa shape index (κ1) is 29.7. The Bertz CT molecular complexity index is 2070. The second kappa shape index (κ2) is 11.2. The first-order chi connectivity index (χ1) is 22.6. The van der Waals surface area contributed by atoms with Crippen molar-refractivity contribution in [2.24, 2.45) is 0 Å². The van der Waals surface area contributed by atoms with Crippen molar-refractivity contribution in [1.29, 1.82) is 0 Å². The fraction of sp³-hybridized carbons (Fsp3) is 0.303. The molecule has 5 heterocycles. The molecule has 3 aliphatic rings. The van der Waals surface area contributed by atoms with Crippen molar-refractivity contribution in [1.82, 2.24) is 24.3 Å². The Morgan fingerprint density at radius 1 is 1.11 bits per heavy atom. The van der Waals surface area contributed by atoms with Crippen molar-refractivity contribution in [3.05, 3.63) is 77.5 Å². The Hall–Kier alpha value is -4.72. The number of pyridine rings is 1. The first-order valence-electron chi connectivity index (χ1n) is 15.2. The zero-order valence-corrected chi connectivity index (χ0v) is 25.8. The molecule has 0 bridgehead atoms. The summed E-state index contributed by atoms with van der Waals surface area (Å²) in [5.41, 5.74) is 1.55. The van der Waals surface area contributed by atoms with Crippen LogP contribution in [-0.4, -0.2) is 54.8 Å². The number of hydrogen-bond donors (Lipinski definition) is 1. The summed E-state index contributed by atoms with van der Waals surface area (Å²) in [6.07, 6.45) is 6.00. The molecule has 0 spiro atoms. The number of hydrogen-bond acceptors (Lipinski definition) is 8. The smallest absolute Gasteiger partial charge is 0.420 e. The van der Waals surface area contributed by atoms with Gasteiger partial charge in [-0.1, -0.05) is 0 Å². The highest BCUT2D eigenvalue weighted by Gasteiger charge is 2.34. The topological polar surface area (TPSA) is 122 Å². The van der Waals surface area contributed by atoms with Gasteiger partial charge >= 0.3 is 5.57 Å².